The fraction of sp³-hybridized carbons (Fsp3) is 0. The maximum Gasteiger partial charge on any atom is 0.219 e. The van der Waals surface area contributed by atoms with Crippen LogP contribution in [0, 0.1) is 0 Å². The van der Waals surface area contributed by atoms with Gasteiger partial charge in [-0.25, -0.2) is 0 Å². The minimum Gasteiger partial charge on any atom is -0.196 e. The Morgan fingerprint density at radius 2 is 2.10 bits per heavy atom. The highest BCUT2D eigenvalue weighted by molar-refractivity contribution is 5.07. The molecule has 0 spiro atoms. The van der Waals surface area contributed by atoms with Crippen molar-refractivity contribution in [3.8, 4) is 5.82 Å². The molecule has 8 nitrogen and oxygen atoms in total. The smallest absolute Gasteiger partial charge is 0.196 e. The van der Waals surface area contributed by atoms with Crippen molar-refractivity contribution in [1.82, 2.24) is 41.1 Å². The van der Waals surface area contributed by atoms with Crippen LogP contribution in [0.5, 0.6) is 0 Å². The van der Waals surface area contributed by atoms with E-state index in [0.29, 0.717) is 5.82 Å². The van der Waals surface area contributed by atoms with E-state index in [2.05, 4.69) is 36.3 Å². The summed E-state index contributed by atoms with van der Waals surface area (Å²) in [6.45, 7) is 0. The van der Waals surface area contributed by atoms with Gasteiger partial charge < -0.3 is 0 Å². The molecular formula is C2H2N8. The number of nitrogens with zero attached hydrogens (tertiary/aromatic N) is 7. The third-order valence-corrected chi connectivity index (χ3v) is 0.897. The standard InChI is InChI=1S/C2H2N8/c1-2(4-5-3-1)10-8-6-7-9-10/h1H,(H,3,4,5). The highest BCUT2D eigenvalue weighted by atomic mass is 15.7. The molecule has 0 aliphatic heterocycles. The fourth-order valence-corrected chi connectivity index (χ4v) is 0.513. The number of hydrogen-bond donors (Lipinski definition) is 1. The second kappa shape index (κ2) is 1.83. The summed E-state index contributed by atoms with van der Waals surface area (Å²) in [6.07, 6.45) is 1.46. The minimum absolute atomic E-state index is 0.463. The Kier molecular flexibility index (Phi) is 0.907. The molecule has 0 fully saturated rings. The fourth-order valence-electron chi connectivity index (χ4n) is 0.513. The van der Waals surface area contributed by atoms with Crippen molar-refractivity contribution >= 4 is 0 Å². The summed E-state index contributed by atoms with van der Waals surface area (Å²) >= 11 is 0. The van der Waals surface area contributed by atoms with Crippen LogP contribution in [-0.4, -0.2) is 41.1 Å². The first-order valence-corrected chi connectivity index (χ1v) is 2.44. The maximum absolute atomic E-state index is 3.68. The van der Waals surface area contributed by atoms with Gasteiger partial charge in [0.15, 0.2) is 0 Å². The first-order chi connectivity index (χ1) is 4.97. The maximum atomic E-state index is 3.68. The van der Waals surface area contributed by atoms with Crippen molar-refractivity contribution < 1.29 is 0 Å². The molecule has 0 aromatic carbocycles. The Morgan fingerprint density at radius 1 is 1.30 bits per heavy atom. The Hall–Kier alpha value is -1.86. The lowest BCUT2D eigenvalue weighted by Crippen LogP contribution is -1.99. The lowest BCUT2D eigenvalue weighted by atomic mass is 10.8. The molecule has 0 aliphatic rings. The minimum atomic E-state index is 0.463. The summed E-state index contributed by atoms with van der Waals surface area (Å²) in [4.78, 5) is 1.16. The van der Waals surface area contributed by atoms with Crippen molar-refractivity contribution in [3.05, 3.63) is 6.20 Å². The van der Waals surface area contributed by atoms with Gasteiger partial charge in [0.2, 0.25) is 5.82 Å². The average molecular weight is 138 g/mol. The van der Waals surface area contributed by atoms with Gasteiger partial charge in [-0.05, 0) is 20.9 Å². The molecule has 50 valence electrons. The summed E-state index contributed by atoms with van der Waals surface area (Å²) in [5.41, 5.74) is 0. The van der Waals surface area contributed by atoms with E-state index in [-0.39, 0.29) is 0 Å². The number of H-pyrrole nitrogens is 1. The zero-order valence-electron chi connectivity index (χ0n) is 4.71. The van der Waals surface area contributed by atoms with Crippen LogP contribution in [0.25, 0.3) is 5.82 Å². The summed E-state index contributed by atoms with van der Waals surface area (Å²) in [6, 6.07) is 0. The van der Waals surface area contributed by atoms with Crippen LogP contribution in [0.2, 0.25) is 0 Å². The molecule has 0 radical (unpaired) electrons. The topological polar surface area (TPSA) is 98.1 Å². The van der Waals surface area contributed by atoms with Gasteiger partial charge in [0, 0.05) is 0 Å². The van der Waals surface area contributed by atoms with E-state index < -0.39 is 0 Å². The van der Waals surface area contributed by atoms with Gasteiger partial charge in [-0.15, -0.1) is 5.10 Å². The third-order valence-electron chi connectivity index (χ3n) is 0.897. The number of hydrogen-bond acceptors (Lipinski definition) is 6. The summed E-state index contributed by atoms with van der Waals surface area (Å²) < 4.78 is 0. The average Bonchev–Trinajstić information content (AvgIpc) is 2.59. The summed E-state index contributed by atoms with van der Waals surface area (Å²) in [7, 11) is 0. The number of rotatable bonds is 1. The number of aromatic amines is 1. The molecule has 0 unspecified atom stereocenters. The first kappa shape index (κ1) is 4.97. The second-order valence-electron chi connectivity index (χ2n) is 1.48. The van der Waals surface area contributed by atoms with E-state index >= 15 is 0 Å². The zero-order chi connectivity index (χ0) is 6.81. The van der Waals surface area contributed by atoms with E-state index in [0.717, 1.165) is 4.80 Å². The van der Waals surface area contributed by atoms with Crippen molar-refractivity contribution in [1.29, 1.82) is 0 Å². The number of aromatic nitrogens is 8. The first-order valence-electron chi connectivity index (χ1n) is 2.44. The van der Waals surface area contributed by atoms with Crippen LogP contribution >= 0.6 is 0 Å². The molecule has 0 saturated heterocycles. The van der Waals surface area contributed by atoms with Gasteiger partial charge in [-0.3, -0.25) is 0 Å². The monoisotopic (exact) mass is 138 g/mol. The van der Waals surface area contributed by atoms with Crippen LogP contribution in [0.4, 0.5) is 0 Å². The molecule has 0 bridgehead atoms. The second-order valence-corrected chi connectivity index (χ2v) is 1.48. The normalized spacial score (nSPS) is 10.0. The third kappa shape index (κ3) is 0.623. The molecular weight excluding hydrogens is 136 g/mol. The predicted molar refractivity (Wildman–Crippen MR) is 26.9 cm³/mol. The van der Waals surface area contributed by atoms with Gasteiger partial charge in [-0.2, -0.15) is 10.3 Å². The van der Waals surface area contributed by atoms with Gasteiger partial charge in [0.05, 0.1) is 6.20 Å². The van der Waals surface area contributed by atoms with Crippen molar-refractivity contribution in [3.63, 3.8) is 0 Å². The van der Waals surface area contributed by atoms with Crippen molar-refractivity contribution in [2.24, 2.45) is 0 Å². The number of nitrogens with one attached hydrogen (secondary N) is 1. The summed E-state index contributed by atoms with van der Waals surface area (Å²) in [5, 5.41) is 23.1. The van der Waals surface area contributed by atoms with Gasteiger partial charge in [0.1, 0.15) is 0 Å². The molecule has 2 heterocycles. The molecule has 2 aromatic heterocycles. The Morgan fingerprint density at radius 3 is 2.70 bits per heavy atom. The lowest BCUT2D eigenvalue weighted by Gasteiger charge is -1.82. The van der Waals surface area contributed by atoms with E-state index in [1.54, 1.807) is 0 Å². The lowest BCUT2D eigenvalue weighted by molar-refractivity contribution is 0.689. The van der Waals surface area contributed by atoms with E-state index in [9.17, 15) is 0 Å². The van der Waals surface area contributed by atoms with Gasteiger partial charge in [-0.1, -0.05) is 4.80 Å². The summed E-state index contributed by atoms with van der Waals surface area (Å²) in [5.74, 6) is 0.463. The van der Waals surface area contributed by atoms with Crippen molar-refractivity contribution in [2.75, 3.05) is 0 Å². The highest BCUT2D eigenvalue weighted by Gasteiger charge is 1.99. The SMILES string of the molecule is c1n[nH]nc1-n1nnnn1. The Bertz CT molecular complexity index is 247. The molecule has 0 saturated carbocycles. The van der Waals surface area contributed by atoms with Gasteiger partial charge in [0.25, 0.3) is 0 Å². The van der Waals surface area contributed by atoms with E-state index in [1.165, 1.54) is 6.20 Å². The molecule has 1 N–H and O–H groups in total. The predicted octanol–water partition coefficient (Wildman–Crippen LogP) is -1.82. The van der Waals surface area contributed by atoms with Crippen LogP contribution in [0.15, 0.2) is 6.20 Å². The van der Waals surface area contributed by atoms with Crippen LogP contribution < -0.4 is 0 Å². The van der Waals surface area contributed by atoms with Gasteiger partial charge >= 0.3 is 0 Å². The largest absolute Gasteiger partial charge is 0.219 e. The molecule has 0 atom stereocenters. The Labute approximate surface area is 54.2 Å². The Balaban J connectivity index is 2.48. The molecule has 2 rings (SSSR count). The molecule has 0 aliphatic carbocycles. The van der Waals surface area contributed by atoms with Crippen LogP contribution in [-0.2, 0) is 0 Å². The molecule has 0 amide bonds. The highest BCUT2D eigenvalue weighted by Crippen LogP contribution is 1.89. The van der Waals surface area contributed by atoms with E-state index in [1.807, 2.05) is 0 Å². The van der Waals surface area contributed by atoms with Crippen LogP contribution in [0.3, 0.4) is 0 Å². The quantitative estimate of drug-likeness (QED) is 0.498. The van der Waals surface area contributed by atoms with Crippen molar-refractivity contribution in [2.45, 2.75) is 0 Å². The zero-order valence-corrected chi connectivity index (χ0v) is 4.71. The molecule has 2 aromatic rings. The molecule has 8 heteroatoms. The molecule has 10 heavy (non-hydrogen) atoms. The van der Waals surface area contributed by atoms with Crippen LogP contribution in [0.1, 0.15) is 0 Å². The van der Waals surface area contributed by atoms with E-state index in [4.69, 9.17) is 0 Å².